The summed E-state index contributed by atoms with van der Waals surface area (Å²) in [6.07, 6.45) is 12.9. The maximum Gasteiger partial charge on any atom is 0.119 e. The molecule has 0 saturated carbocycles. The van der Waals surface area contributed by atoms with E-state index in [2.05, 4.69) is 170 Å². The van der Waals surface area contributed by atoms with Gasteiger partial charge < -0.3 is 18.9 Å². The highest BCUT2D eigenvalue weighted by Gasteiger charge is 2.17. The third-order valence-corrected chi connectivity index (χ3v) is 11.1. The molecule has 8 rings (SSSR count). The molecule has 0 heterocycles. The fourth-order valence-electron chi connectivity index (χ4n) is 7.71. The molecule has 0 radical (unpaired) electrons. The molecule has 0 spiro atoms. The molecule has 8 aromatic carbocycles. The van der Waals surface area contributed by atoms with Crippen molar-refractivity contribution >= 4 is 47.6 Å². The zero-order valence-corrected chi connectivity index (χ0v) is 36.6. The first-order chi connectivity index (χ1) is 31.5. The third-order valence-electron chi connectivity index (χ3n) is 11.1. The standard InChI is InChI=1S/C60H50O4/c1-61-55-34-30-53(31-35-55)60(54-32-36-56(62-2)37-33-54)59(51-12-6-5-7-13-51)52-28-26-50(27-29-52)49-24-22-43(23-25-49)16-19-46-38-47(20-17-44-10-8-14-57(41-44)63-3)40-48(39-46)21-18-45-11-9-15-58(42-45)64-4/h5-42H,1-4H3/b19-16+,20-17+,21-18+. The fraction of sp³-hybridized carbons (Fsp3) is 0.0667. The van der Waals surface area contributed by atoms with Crippen LogP contribution in [0.3, 0.4) is 0 Å². The number of hydrogen-bond donors (Lipinski definition) is 0. The minimum atomic E-state index is 0.816. The molecule has 0 unspecified atom stereocenters. The van der Waals surface area contributed by atoms with E-state index in [9.17, 15) is 0 Å². The lowest BCUT2D eigenvalue weighted by Crippen LogP contribution is -1.98. The monoisotopic (exact) mass is 834 g/mol. The predicted molar refractivity (Wildman–Crippen MR) is 269 cm³/mol. The van der Waals surface area contributed by atoms with Crippen LogP contribution in [0.2, 0.25) is 0 Å². The van der Waals surface area contributed by atoms with Crippen LogP contribution >= 0.6 is 0 Å². The van der Waals surface area contributed by atoms with E-state index >= 15 is 0 Å². The van der Waals surface area contributed by atoms with Gasteiger partial charge in [0.2, 0.25) is 0 Å². The minimum Gasteiger partial charge on any atom is -0.497 e. The number of ether oxygens (including phenoxy) is 4. The smallest absolute Gasteiger partial charge is 0.119 e. The molecule has 4 heteroatoms. The summed E-state index contributed by atoms with van der Waals surface area (Å²) in [5.41, 5.74) is 15.5. The van der Waals surface area contributed by atoms with Crippen LogP contribution in [0, 0.1) is 0 Å². The Morgan fingerprint density at radius 1 is 0.266 bits per heavy atom. The second-order valence-corrected chi connectivity index (χ2v) is 15.3. The molecule has 64 heavy (non-hydrogen) atoms. The Bertz CT molecular complexity index is 2790. The second kappa shape index (κ2) is 20.7. The normalized spacial score (nSPS) is 11.2. The van der Waals surface area contributed by atoms with Crippen molar-refractivity contribution in [3.63, 3.8) is 0 Å². The zero-order chi connectivity index (χ0) is 44.1. The summed E-state index contributed by atoms with van der Waals surface area (Å²) in [6.45, 7) is 0. The van der Waals surface area contributed by atoms with Crippen molar-refractivity contribution in [1.29, 1.82) is 0 Å². The average Bonchev–Trinajstić information content (AvgIpc) is 3.37. The summed E-state index contributed by atoms with van der Waals surface area (Å²) >= 11 is 0. The molecule has 0 aliphatic heterocycles. The van der Waals surface area contributed by atoms with E-state index < -0.39 is 0 Å². The highest BCUT2D eigenvalue weighted by molar-refractivity contribution is 6.04. The van der Waals surface area contributed by atoms with E-state index in [1.54, 1.807) is 28.4 Å². The van der Waals surface area contributed by atoms with E-state index in [4.69, 9.17) is 18.9 Å². The Hall–Kier alpha value is -8.08. The van der Waals surface area contributed by atoms with Gasteiger partial charge in [0.25, 0.3) is 0 Å². The summed E-state index contributed by atoms with van der Waals surface area (Å²) in [4.78, 5) is 0. The number of rotatable bonds is 15. The molecule has 0 bridgehead atoms. The molecule has 0 N–H and O–H groups in total. The number of hydrogen-bond acceptors (Lipinski definition) is 4. The molecular formula is C60H50O4. The molecule has 0 atom stereocenters. The molecule has 0 aliphatic carbocycles. The van der Waals surface area contributed by atoms with Gasteiger partial charge in [0.05, 0.1) is 28.4 Å². The largest absolute Gasteiger partial charge is 0.497 e. The Labute approximate surface area is 377 Å². The van der Waals surface area contributed by atoms with Gasteiger partial charge in [0.1, 0.15) is 23.0 Å². The number of benzene rings is 8. The van der Waals surface area contributed by atoms with Gasteiger partial charge in [-0.15, -0.1) is 0 Å². The topological polar surface area (TPSA) is 36.9 Å². The lowest BCUT2D eigenvalue weighted by atomic mass is 9.85. The zero-order valence-electron chi connectivity index (χ0n) is 36.6. The van der Waals surface area contributed by atoms with Crippen molar-refractivity contribution in [3.05, 3.63) is 250 Å². The van der Waals surface area contributed by atoms with Gasteiger partial charge in [0, 0.05) is 0 Å². The van der Waals surface area contributed by atoms with Crippen molar-refractivity contribution in [1.82, 2.24) is 0 Å². The first kappa shape index (κ1) is 42.6. The van der Waals surface area contributed by atoms with Crippen LogP contribution in [0.1, 0.15) is 55.6 Å². The first-order valence-electron chi connectivity index (χ1n) is 21.3. The van der Waals surface area contributed by atoms with Gasteiger partial charge in [-0.05, 0) is 145 Å². The lowest BCUT2D eigenvalue weighted by Gasteiger charge is -2.19. The lowest BCUT2D eigenvalue weighted by molar-refractivity contribution is 0.414. The number of methoxy groups -OCH3 is 4. The fourth-order valence-corrected chi connectivity index (χ4v) is 7.71. The molecule has 0 aliphatic rings. The van der Waals surface area contributed by atoms with Crippen LogP contribution < -0.4 is 18.9 Å². The quantitative estimate of drug-likeness (QED) is 0.0964. The molecule has 4 nitrogen and oxygen atoms in total. The third kappa shape index (κ3) is 10.7. The maximum atomic E-state index is 5.53. The molecule has 0 aromatic heterocycles. The SMILES string of the molecule is COc1ccc(C(=C(c2ccccc2)c2ccc(-c3ccc(/C=C/c4cc(/C=C/c5cccc(OC)c5)cc(/C=C/c5cccc(OC)c5)c4)cc3)cc2)c2ccc(OC)cc2)cc1. The molecule has 0 saturated heterocycles. The van der Waals surface area contributed by atoms with Gasteiger partial charge in [-0.25, -0.2) is 0 Å². The van der Waals surface area contributed by atoms with Crippen molar-refractivity contribution in [2.45, 2.75) is 0 Å². The van der Waals surface area contributed by atoms with Crippen LogP contribution in [0.4, 0.5) is 0 Å². The van der Waals surface area contributed by atoms with E-state index in [1.165, 1.54) is 0 Å². The molecule has 0 amide bonds. The summed E-state index contributed by atoms with van der Waals surface area (Å²) in [5.74, 6) is 3.29. The van der Waals surface area contributed by atoms with Gasteiger partial charge >= 0.3 is 0 Å². The summed E-state index contributed by atoms with van der Waals surface area (Å²) in [6, 6.07) is 67.6. The highest BCUT2D eigenvalue weighted by Crippen LogP contribution is 2.38. The van der Waals surface area contributed by atoms with Gasteiger partial charge in [-0.3, -0.25) is 0 Å². The van der Waals surface area contributed by atoms with Crippen molar-refractivity contribution in [2.75, 3.05) is 28.4 Å². The van der Waals surface area contributed by atoms with Crippen LogP contribution in [0.5, 0.6) is 23.0 Å². The van der Waals surface area contributed by atoms with Crippen LogP contribution in [0.15, 0.2) is 194 Å². The van der Waals surface area contributed by atoms with E-state index in [0.29, 0.717) is 0 Å². The van der Waals surface area contributed by atoms with Crippen LogP contribution in [0.25, 0.3) is 58.7 Å². The molecule has 0 fully saturated rings. The van der Waals surface area contributed by atoms with Gasteiger partial charge in [-0.2, -0.15) is 0 Å². The molecule has 314 valence electrons. The van der Waals surface area contributed by atoms with E-state index in [-0.39, 0.29) is 0 Å². The Morgan fingerprint density at radius 3 is 1.02 bits per heavy atom. The average molecular weight is 835 g/mol. The summed E-state index contributed by atoms with van der Waals surface area (Å²) in [7, 11) is 6.77. The molecule has 8 aromatic rings. The van der Waals surface area contributed by atoms with Crippen molar-refractivity contribution < 1.29 is 18.9 Å². The highest BCUT2D eigenvalue weighted by atomic mass is 16.5. The summed E-state index contributed by atoms with van der Waals surface area (Å²) < 4.78 is 21.9. The van der Waals surface area contributed by atoms with Crippen LogP contribution in [-0.4, -0.2) is 28.4 Å². The Morgan fingerprint density at radius 2 is 0.609 bits per heavy atom. The van der Waals surface area contributed by atoms with Crippen LogP contribution in [-0.2, 0) is 0 Å². The van der Waals surface area contributed by atoms with E-state index in [1.807, 2.05) is 60.7 Å². The van der Waals surface area contributed by atoms with Crippen molar-refractivity contribution in [2.24, 2.45) is 0 Å². The maximum absolute atomic E-state index is 5.53. The predicted octanol–water partition coefficient (Wildman–Crippen LogP) is 14.9. The Balaban J connectivity index is 1.08. The van der Waals surface area contributed by atoms with Gasteiger partial charge in [0.15, 0.2) is 0 Å². The molecular weight excluding hydrogens is 785 g/mol. The van der Waals surface area contributed by atoms with Crippen molar-refractivity contribution in [3.8, 4) is 34.1 Å². The summed E-state index contributed by atoms with van der Waals surface area (Å²) in [5, 5.41) is 0. The first-order valence-corrected chi connectivity index (χ1v) is 21.3. The Kier molecular flexibility index (Phi) is 13.8. The minimum absolute atomic E-state index is 0.816. The second-order valence-electron chi connectivity index (χ2n) is 15.3. The van der Waals surface area contributed by atoms with Gasteiger partial charge in [-0.1, -0.05) is 164 Å². The van der Waals surface area contributed by atoms with E-state index in [0.717, 1.165) is 101 Å².